The van der Waals surface area contributed by atoms with Gasteiger partial charge < -0.3 is 14.8 Å². The molecule has 0 fully saturated rings. The Hall–Kier alpha value is -3.14. The number of nitro groups is 1. The van der Waals surface area contributed by atoms with E-state index in [-0.39, 0.29) is 34.9 Å². The van der Waals surface area contributed by atoms with Gasteiger partial charge in [0.25, 0.3) is 5.69 Å². The van der Waals surface area contributed by atoms with Gasteiger partial charge in [-0.25, -0.2) is 4.79 Å². The van der Waals surface area contributed by atoms with E-state index in [0.717, 1.165) is 5.75 Å². The van der Waals surface area contributed by atoms with Crippen molar-refractivity contribution in [1.29, 1.82) is 0 Å². The summed E-state index contributed by atoms with van der Waals surface area (Å²) >= 11 is 1.61. The molecule has 34 heavy (non-hydrogen) atoms. The number of ether oxygens (including phenoxy) is 2. The molecule has 0 amide bonds. The number of Topliss-reactive ketones (excluding diaryl/α,β-unsaturated/α-hetero) is 1. The van der Waals surface area contributed by atoms with Gasteiger partial charge in [0.15, 0.2) is 5.78 Å². The molecule has 0 radical (unpaired) electrons. The van der Waals surface area contributed by atoms with Crippen LogP contribution in [0.1, 0.15) is 38.7 Å². The first-order valence-corrected chi connectivity index (χ1v) is 12.2. The largest absolute Gasteiger partial charge is 0.468 e. The van der Waals surface area contributed by atoms with Crippen molar-refractivity contribution in [3.8, 4) is 0 Å². The number of para-hydroxylation sites is 1. The Balaban J connectivity index is 2.16. The molecule has 9 nitrogen and oxygen atoms in total. The Labute approximate surface area is 202 Å². The minimum atomic E-state index is -1.06. The van der Waals surface area contributed by atoms with E-state index in [4.69, 9.17) is 9.47 Å². The average Bonchev–Trinajstić information content (AvgIpc) is 2.80. The molecule has 1 aromatic rings. The number of benzene rings is 1. The van der Waals surface area contributed by atoms with Crippen LogP contribution in [0.5, 0.6) is 0 Å². The monoisotopic (exact) mass is 488 g/mol. The number of ketones is 1. The van der Waals surface area contributed by atoms with Gasteiger partial charge in [-0.15, -0.1) is 0 Å². The average molecular weight is 489 g/mol. The number of thioether (sulfide) groups is 1. The highest BCUT2D eigenvalue weighted by Gasteiger charge is 2.48. The number of allylic oxidation sites excluding steroid dienone is 3. The second kappa shape index (κ2) is 10.9. The molecule has 10 heteroatoms. The summed E-state index contributed by atoms with van der Waals surface area (Å²) in [5.74, 6) is -2.80. The van der Waals surface area contributed by atoms with E-state index < -0.39 is 34.5 Å². The molecule has 0 unspecified atom stereocenters. The highest BCUT2D eigenvalue weighted by Crippen LogP contribution is 2.47. The van der Waals surface area contributed by atoms with Crippen molar-refractivity contribution in [2.75, 3.05) is 25.2 Å². The molecule has 182 valence electrons. The fourth-order valence-electron chi connectivity index (χ4n) is 4.58. The van der Waals surface area contributed by atoms with Crippen LogP contribution in [0.15, 0.2) is 46.8 Å². The number of nitrogens with one attached hydrogen (secondary N) is 1. The van der Waals surface area contributed by atoms with E-state index in [1.54, 1.807) is 31.7 Å². The van der Waals surface area contributed by atoms with E-state index >= 15 is 0 Å². The molecular weight excluding hydrogens is 460 g/mol. The number of esters is 2. The Morgan fingerprint density at radius 3 is 2.65 bits per heavy atom. The smallest absolute Gasteiger partial charge is 0.336 e. The highest BCUT2D eigenvalue weighted by molar-refractivity contribution is 7.99. The molecular formula is C24H28N2O7S. The summed E-state index contributed by atoms with van der Waals surface area (Å²) in [6.45, 7) is 5.62. The maximum absolute atomic E-state index is 13.7. The zero-order valence-electron chi connectivity index (χ0n) is 19.6. The van der Waals surface area contributed by atoms with Gasteiger partial charge in [-0.05, 0) is 25.0 Å². The lowest BCUT2D eigenvalue weighted by molar-refractivity contribution is -0.385. The number of carbonyl (C=O) groups excluding carboxylic acids is 3. The minimum Gasteiger partial charge on any atom is -0.468 e. The lowest BCUT2D eigenvalue weighted by Gasteiger charge is -2.38. The third-order valence-corrected chi connectivity index (χ3v) is 6.94. The quantitative estimate of drug-likeness (QED) is 0.192. The van der Waals surface area contributed by atoms with Crippen molar-refractivity contribution in [2.24, 2.45) is 11.8 Å². The third-order valence-electron chi connectivity index (χ3n) is 6.07. The molecule has 3 rings (SSSR count). The van der Waals surface area contributed by atoms with Crippen LogP contribution in [0.3, 0.4) is 0 Å². The van der Waals surface area contributed by atoms with Crippen molar-refractivity contribution in [1.82, 2.24) is 5.32 Å². The van der Waals surface area contributed by atoms with E-state index in [9.17, 15) is 24.5 Å². The summed E-state index contributed by atoms with van der Waals surface area (Å²) in [5, 5.41) is 15.0. The van der Waals surface area contributed by atoms with Crippen molar-refractivity contribution in [3.63, 3.8) is 0 Å². The number of carbonyl (C=O) groups is 3. The summed E-state index contributed by atoms with van der Waals surface area (Å²) in [6.07, 6.45) is 0.352. The van der Waals surface area contributed by atoms with E-state index in [0.29, 0.717) is 23.6 Å². The predicted molar refractivity (Wildman–Crippen MR) is 127 cm³/mol. The van der Waals surface area contributed by atoms with Gasteiger partial charge in [0.1, 0.15) is 12.5 Å². The highest BCUT2D eigenvalue weighted by atomic mass is 32.2. The van der Waals surface area contributed by atoms with Gasteiger partial charge in [-0.1, -0.05) is 32.0 Å². The second-order valence-corrected chi connectivity index (χ2v) is 9.58. The van der Waals surface area contributed by atoms with Crippen molar-refractivity contribution >= 4 is 35.2 Å². The fraction of sp³-hybridized carbons (Fsp3) is 0.458. The van der Waals surface area contributed by atoms with Crippen LogP contribution in [-0.2, 0) is 23.9 Å². The van der Waals surface area contributed by atoms with Gasteiger partial charge in [0.05, 0.1) is 23.5 Å². The molecule has 2 aliphatic rings. The fourth-order valence-corrected chi connectivity index (χ4v) is 5.07. The summed E-state index contributed by atoms with van der Waals surface area (Å²) in [6, 6.07) is 6.01. The lowest BCUT2D eigenvalue weighted by Crippen LogP contribution is -2.43. The second-order valence-electron chi connectivity index (χ2n) is 8.18. The molecule has 1 aliphatic carbocycles. The molecule has 0 saturated carbocycles. The molecule has 1 N–H and O–H groups in total. The molecule has 1 aliphatic heterocycles. The van der Waals surface area contributed by atoms with Crippen LogP contribution in [-0.4, -0.2) is 47.9 Å². The van der Waals surface area contributed by atoms with Crippen molar-refractivity contribution in [3.05, 3.63) is 62.5 Å². The Kier molecular flexibility index (Phi) is 8.14. The minimum absolute atomic E-state index is 0.126. The number of hydrogen-bond acceptors (Lipinski definition) is 9. The van der Waals surface area contributed by atoms with Gasteiger partial charge >= 0.3 is 11.9 Å². The van der Waals surface area contributed by atoms with Gasteiger partial charge in [-0.3, -0.25) is 19.7 Å². The number of rotatable bonds is 8. The van der Waals surface area contributed by atoms with Crippen LogP contribution in [0.4, 0.5) is 5.69 Å². The van der Waals surface area contributed by atoms with Crippen LogP contribution < -0.4 is 5.32 Å². The van der Waals surface area contributed by atoms with Crippen LogP contribution in [0.25, 0.3) is 0 Å². The third kappa shape index (κ3) is 4.86. The number of dihydropyridines is 1. The molecule has 1 heterocycles. The van der Waals surface area contributed by atoms with Crippen LogP contribution in [0.2, 0.25) is 0 Å². The Morgan fingerprint density at radius 2 is 2.00 bits per heavy atom. The Bertz CT molecular complexity index is 1080. The number of nitrogens with zero attached hydrogens (tertiary/aromatic N) is 1. The molecule has 0 bridgehead atoms. The summed E-state index contributed by atoms with van der Waals surface area (Å²) < 4.78 is 10.4. The number of methoxy groups -OCH3 is 1. The SMILES string of the molecule is CCSCCOC(=O)C1=C(C)NC2=C(C(=O)[C@H](C(=O)OC)[C@@H](C)C2)[C@H]1c1ccccc1[N+](=O)[O-]. The van der Waals surface area contributed by atoms with Gasteiger partial charge in [0, 0.05) is 34.3 Å². The summed E-state index contributed by atoms with van der Waals surface area (Å²) in [7, 11) is 1.21. The molecule has 0 aromatic heterocycles. The molecule has 0 saturated heterocycles. The molecule has 0 spiro atoms. The first-order valence-electron chi connectivity index (χ1n) is 11.0. The molecule has 1 aromatic carbocycles. The Morgan fingerprint density at radius 1 is 1.29 bits per heavy atom. The summed E-state index contributed by atoms with van der Waals surface area (Å²) in [5.41, 5.74) is 1.29. The first-order chi connectivity index (χ1) is 16.2. The lowest BCUT2D eigenvalue weighted by atomic mass is 9.69. The maximum atomic E-state index is 13.7. The topological polar surface area (TPSA) is 125 Å². The zero-order valence-corrected chi connectivity index (χ0v) is 20.4. The van der Waals surface area contributed by atoms with Crippen molar-refractivity contribution < 1.29 is 28.8 Å². The molecule has 3 atom stereocenters. The predicted octanol–water partition coefficient (Wildman–Crippen LogP) is 3.50. The maximum Gasteiger partial charge on any atom is 0.336 e. The van der Waals surface area contributed by atoms with Gasteiger partial charge in [0.2, 0.25) is 0 Å². The van der Waals surface area contributed by atoms with E-state index in [1.807, 2.05) is 6.92 Å². The first kappa shape index (κ1) is 25.5. The standard InChI is InChI=1S/C24H28N2O7S/c1-5-34-11-10-33-24(29)19-14(3)25-16-12-13(2)18(23(28)32-4)22(27)21(16)20(19)15-8-6-7-9-17(15)26(30)31/h6-9,13,18,20,25H,5,10-12H2,1-4H3/t13-,18+,20-/m0/s1. The van der Waals surface area contributed by atoms with Crippen molar-refractivity contribution in [2.45, 2.75) is 33.1 Å². The van der Waals surface area contributed by atoms with E-state index in [2.05, 4.69) is 5.32 Å². The van der Waals surface area contributed by atoms with Gasteiger partial charge in [-0.2, -0.15) is 11.8 Å². The van der Waals surface area contributed by atoms with E-state index in [1.165, 1.54) is 25.3 Å². The number of nitro benzene ring substituents is 1. The zero-order chi connectivity index (χ0) is 25.0. The van der Waals surface area contributed by atoms with Crippen LogP contribution >= 0.6 is 11.8 Å². The normalized spacial score (nSPS) is 22.1. The number of hydrogen-bond donors (Lipinski definition) is 1. The van der Waals surface area contributed by atoms with Crippen LogP contribution in [0, 0.1) is 22.0 Å². The summed E-state index contributed by atoms with van der Waals surface area (Å²) in [4.78, 5) is 50.7.